The number of nitrogens with one attached hydrogen (secondary N) is 1. The SMILES string of the molecule is N#Cc1ccc(Nc2ncc(N)cc2C(N)=O)c(Cl)c1. The molecule has 0 bridgehead atoms. The van der Waals surface area contributed by atoms with Gasteiger partial charge in [0.1, 0.15) is 5.82 Å². The summed E-state index contributed by atoms with van der Waals surface area (Å²) in [6.45, 7) is 0. The predicted molar refractivity (Wildman–Crippen MR) is 76.6 cm³/mol. The van der Waals surface area contributed by atoms with Crippen LogP contribution in [-0.4, -0.2) is 10.9 Å². The van der Waals surface area contributed by atoms with Crippen LogP contribution in [0.15, 0.2) is 30.5 Å². The van der Waals surface area contributed by atoms with Crippen LogP contribution in [0.3, 0.4) is 0 Å². The van der Waals surface area contributed by atoms with Crippen LogP contribution in [0.25, 0.3) is 0 Å². The van der Waals surface area contributed by atoms with Crippen molar-refractivity contribution in [3.63, 3.8) is 0 Å². The van der Waals surface area contributed by atoms with Crippen molar-refractivity contribution in [3.05, 3.63) is 46.6 Å². The van der Waals surface area contributed by atoms with Crippen LogP contribution >= 0.6 is 11.6 Å². The number of nitrogens with two attached hydrogens (primary N) is 2. The molecule has 1 heterocycles. The third-order valence-corrected chi connectivity index (χ3v) is 2.84. The van der Waals surface area contributed by atoms with E-state index >= 15 is 0 Å². The summed E-state index contributed by atoms with van der Waals surface area (Å²) in [7, 11) is 0. The summed E-state index contributed by atoms with van der Waals surface area (Å²) in [5.74, 6) is -0.407. The van der Waals surface area contributed by atoms with E-state index in [2.05, 4.69) is 10.3 Å². The maximum absolute atomic E-state index is 11.4. The number of halogens is 1. The Bertz CT molecular complexity index is 723. The van der Waals surface area contributed by atoms with Crippen molar-refractivity contribution in [2.24, 2.45) is 5.73 Å². The van der Waals surface area contributed by atoms with Crippen molar-refractivity contribution in [1.29, 1.82) is 5.26 Å². The average Bonchev–Trinajstić information content (AvgIpc) is 2.42. The Balaban J connectivity index is 2.40. The van der Waals surface area contributed by atoms with Gasteiger partial charge in [-0.2, -0.15) is 5.26 Å². The molecule has 1 amide bonds. The van der Waals surface area contributed by atoms with Gasteiger partial charge in [-0.1, -0.05) is 11.6 Å². The van der Waals surface area contributed by atoms with E-state index in [0.29, 0.717) is 22.0 Å². The smallest absolute Gasteiger partial charge is 0.252 e. The molecular weight excluding hydrogens is 278 g/mol. The number of amides is 1. The molecule has 0 saturated heterocycles. The highest BCUT2D eigenvalue weighted by Crippen LogP contribution is 2.27. The van der Waals surface area contributed by atoms with Crippen molar-refractivity contribution in [2.75, 3.05) is 11.1 Å². The maximum Gasteiger partial charge on any atom is 0.252 e. The van der Waals surface area contributed by atoms with Crippen LogP contribution in [-0.2, 0) is 0 Å². The highest BCUT2D eigenvalue weighted by molar-refractivity contribution is 6.33. The first-order valence-electron chi connectivity index (χ1n) is 5.53. The van der Waals surface area contributed by atoms with Crippen molar-refractivity contribution in [3.8, 4) is 6.07 Å². The number of aromatic nitrogens is 1. The standard InChI is InChI=1S/C13H10ClN5O/c14-10-3-7(5-15)1-2-11(10)19-13-9(12(17)20)4-8(16)6-18-13/h1-4,6H,16H2,(H2,17,20)(H,18,19). The lowest BCUT2D eigenvalue weighted by Gasteiger charge is -2.11. The minimum atomic E-state index is -0.655. The summed E-state index contributed by atoms with van der Waals surface area (Å²) in [4.78, 5) is 15.4. The Kier molecular flexibility index (Phi) is 3.73. The van der Waals surface area contributed by atoms with Gasteiger partial charge in [-0.05, 0) is 24.3 Å². The number of nitrogens with zero attached hydrogens (tertiary/aromatic N) is 2. The molecule has 6 nitrogen and oxygen atoms in total. The fourth-order valence-electron chi connectivity index (χ4n) is 1.58. The number of nitriles is 1. The van der Waals surface area contributed by atoms with E-state index in [1.54, 1.807) is 12.1 Å². The molecule has 0 radical (unpaired) electrons. The second kappa shape index (κ2) is 5.47. The first-order valence-corrected chi connectivity index (χ1v) is 5.91. The minimum Gasteiger partial charge on any atom is -0.397 e. The molecule has 1 aromatic carbocycles. The first-order chi connectivity index (χ1) is 9.51. The molecule has 0 atom stereocenters. The van der Waals surface area contributed by atoms with Gasteiger partial charge in [-0.25, -0.2) is 4.98 Å². The van der Waals surface area contributed by atoms with Gasteiger partial charge < -0.3 is 16.8 Å². The molecule has 1 aromatic heterocycles. The number of benzene rings is 1. The minimum absolute atomic E-state index is 0.158. The van der Waals surface area contributed by atoms with Crippen molar-refractivity contribution in [2.45, 2.75) is 0 Å². The van der Waals surface area contributed by atoms with Gasteiger partial charge >= 0.3 is 0 Å². The van der Waals surface area contributed by atoms with Gasteiger partial charge in [0.2, 0.25) is 0 Å². The van der Waals surface area contributed by atoms with E-state index in [1.165, 1.54) is 18.3 Å². The van der Waals surface area contributed by atoms with Crippen molar-refractivity contribution >= 4 is 34.7 Å². The van der Waals surface area contributed by atoms with Gasteiger partial charge in [-0.15, -0.1) is 0 Å². The molecule has 20 heavy (non-hydrogen) atoms. The molecule has 0 aliphatic rings. The molecule has 5 N–H and O–H groups in total. The maximum atomic E-state index is 11.4. The number of hydrogen-bond acceptors (Lipinski definition) is 5. The van der Waals surface area contributed by atoms with Crippen LogP contribution < -0.4 is 16.8 Å². The van der Waals surface area contributed by atoms with Crippen LogP contribution in [0.5, 0.6) is 0 Å². The molecule has 0 aliphatic carbocycles. The number of rotatable bonds is 3. The monoisotopic (exact) mass is 287 g/mol. The van der Waals surface area contributed by atoms with Crippen molar-refractivity contribution in [1.82, 2.24) is 4.98 Å². The van der Waals surface area contributed by atoms with Gasteiger partial charge in [0.25, 0.3) is 5.91 Å². The highest BCUT2D eigenvalue weighted by atomic mass is 35.5. The summed E-state index contributed by atoms with van der Waals surface area (Å²) >= 11 is 6.04. The molecule has 0 fully saturated rings. The number of pyridine rings is 1. The number of carbonyl (C=O) groups excluding carboxylic acids is 1. The van der Waals surface area contributed by atoms with Crippen LogP contribution in [0.1, 0.15) is 15.9 Å². The molecule has 2 rings (SSSR count). The van der Waals surface area contributed by atoms with E-state index in [0.717, 1.165) is 0 Å². The van der Waals surface area contributed by atoms with Crippen LogP contribution in [0.4, 0.5) is 17.2 Å². The van der Waals surface area contributed by atoms with Gasteiger partial charge in [0.15, 0.2) is 0 Å². The Hall–Kier alpha value is -2.78. The summed E-state index contributed by atoms with van der Waals surface area (Å²) in [6.07, 6.45) is 1.40. The normalized spacial score (nSPS) is 9.80. The summed E-state index contributed by atoms with van der Waals surface area (Å²) < 4.78 is 0. The Morgan fingerprint density at radius 2 is 2.15 bits per heavy atom. The predicted octanol–water partition coefficient (Wildman–Crippen LogP) is 2.03. The zero-order valence-corrected chi connectivity index (χ0v) is 11.0. The zero-order valence-electron chi connectivity index (χ0n) is 10.2. The quantitative estimate of drug-likeness (QED) is 0.798. The summed E-state index contributed by atoms with van der Waals surface area (Å²) in [5.41, 5.74) is 12.3. The second-order valence-electron chi connectivity index (χ2n) is 3.96. The van der Waals surface area contributed by atoms with E-state index in [1.807, 2.05) is 6.07 Å². The molecule has 2 aromatic rings. The molecule has 7 heteroatoms. The van der Waals surface area contributed by atoms with Gasteiger partial charge in [0.05, 0.1) is 39.8 Å². The lowest BCUT2D eigenvalue weighted by atomic mass is 10.2. The van der Waals surface area contributed by atoms with Gasteiger partial charge in [-0.3, -0.25) is 4.79 Å². The average molecular weight is 288 g/mol. The van der Waals surface area contributed by atoms with Crippen LogP contribution in [0.2, 0.25) is 5.02 Å². The lowest BCUT2D eigenvalue weighted by molar-refractivity contribution is 0.100. The molecule has 0 aliphatic heterocycles. The molecule has 0 spiro atoms. The van der Waals surface area contributed by atoms with E-state index in [9.17, 15) is 4.79 Å². The molecular formula is C13H10ClN5O. The van der Waals surface area contributed by atoms with E-state index in [-0.39, 0.29) is 11.4 Å². The Morgan fingerprint density at radius 1 is 1.40 bits per heavy atom. The van der Waals surface area contributed by atoms with E-state index in [4.69, 9.17) is 28.3 Å². The number of carbonyl (C=O) groups is 1. The fourth-order valence-corrected chi connectivity index (χ4v) is 1.81. The topological polar surface area (TPSA) is 118 Å². The third kappa shape index (κ3) is 2.79. The highest BCUT2D eigenvalue weighted by Gasteiger charge is 2.12. The van der Waals surface area contributed by atoms with Gasteiger partial charge in [0, 0.05) is 0 Å². The zero-order chi connectivity index (χ0) is 14.7. The first kappa shape index (κ1) is 13.6. The summed E-state index contributed by atoms with van der Waals surface area (Å²) in [6, 6.07) is 8.12. The number of primary amides is 1. The molecule has 0 saturated carbocycles. The van der Waals surface area contributed by atoms with Crippen LogP contribution in [0, 0.1) is 11.3 Å². The second-order valence-corrected chi connectivity index (χ2v) is 4.37. The largest absolute Gasteiger partial charge is 0.397 e. The Labute approximate surface area is 120 Å². The molecule has 100 valence electrons. The summed E-state index contributed by atoms with van der Waals surface area (Å²) in [5, 5.41) is 12.0. The van der Waals surface area contributed by atoms with E-state index < -0.39 is 5.91 Å². The Morgan fingerprint density at radius 3 is 2.75 bits per heavy atom. The lowest BCUT2D eigenvalue weighted by Crippen LogP contribution is -2.15. The third-order valence-electron chi connectivity index (χ3n) is 2.53. The number of anilines is 3. The molecule has 0 unspecified atom stereocenters. The number of nitrogen functional groups attached to an aromatic ring is 1. The fraction of sp³-hybridized carbons (Fsp3) is 0. The number of hydrogen-bond donors (Lipinski definition) is 3. The van der Waals surface area contributed by atoms with Crippen molar-refractivity contribution < 1.29 is 4.79 Å².